The van der Waals surface area contributed by atoms with Crippen LogP contribution >= 0.6 is 7.75 Å². The number of aliphatic carboxylic acids is 1. The van der Waals surface area contributed by atoms with Crippen LogP contribution in [0.15, 0.2) is 48.8 Å². The van der Waals surface area contributed by atoms with Crippen LogP contribution in [0.1, 0.15) is 26.5 Å². The highest BCUT2D eigenvalue weighted by molar-refractivity contribution is 7.52. The molecular formula is C24H27N6O8P. The van der Waals surface area contributed by atoms with Gasteiger partial charge in [0.1, 0.15) is 48.0 Å². The number of ether oxygens (including phenoxy) is 3. The molecule has 2 aromatic heterocycles. The Morgan fingerprint density at radius 3 is 2.72 bits per heavy atom. The van der Waals surface area contributed by atoms with Crippen molar-refractivity contribution in [2.45, 2.75) is 56.5 Å². The maximum atomic E-state index is 13.7. The molecule has 39 heavy (non-hydrogen) atoms. The number of carbonyl (C=O) groups is 1. The molecule has 0 bridgehead atoms. The number of rotatable bonds is 9. The second-order valence-corrected chi connectivity index (χ2v) is 11.3. The molecule has 2 aliphatic rings. The molecule has 2 fully saturated rings. The van der Waals surface area contributed by atoms with Crippen LogP contribution in [0.3, 0.4) is 0 Å². The van der Waals surface area contributed by atoms with E-state index in [4.69, 9.17) is 29.0 Å². The first-order chi connectivity index (χ1) is 18.5. The summed E-state index contributed by atoms with van der Waals surface area (Å²) < 4.78 is 44.9. The SMILES string of the molecule is C[C@H](N[P@](=O)(OC[C@H]1O[C@@](C#N)(c2ccc3c(N)ncnn23)[C@@H]2OC(C)(C)O[C@@H]21)Oc1ccccc1)C(=O)O. The van der Waals surface area contributed by atoms with E-state index in [1.807, 2.05) is 0 Å². The van der Waals surface area contributed by atoms with Gasteiger partial charge in [-0.2, -0.15) is 15.4 Å². The van der Waals surface area contributed by atoms with Crippen molar-refractivity contribution < 1.29 is 37.7 Å². The minimum absolute atomic E-state index is 0.195. The molecule has 4 N–H and O–H groups in total. The average molecular weight is 558 g/mol. The number of anilines is 1. The fraction of sp³-hybridized carbons (Fsp3) is 0.417. The molecule has 6 atom stereocenters. The lowest BCUT2D eigenvalue weighted by Crippen LogP contribution is -2.40. The van der Waals surface area contributed by atoms with Crippen LogP contribution in [0, 0.1) is 11.3 Å². The van der Waals surface area contributed by atoms with Crippen molar-refractivity contribution in [3.63, 3.8) is 0 Å². The molecule has 206 valence electrons. The summed E-state index contributed by atoms with van der Waals surface area (Å²) >= 11 is 0. The maximum absolute atomic E-state index is 13.7. The molecule has 5 rings (SSSR count). The van der Waals surface area contributed by atoms with E-state index in [1.165, 1.54) is 17.8 Å². The van der Waals surface area contributed by atoms with Gasteiger partial charge in [0.2, 0.25) is 5.60 Å². The van der Waals surface area contributed by atoms with Gasteiger partial charge in [0.05, 0.1) is 12.3 Å². The van der Waals surface area contributed by atoms with Gasteiger partial charge in [-0.3, -0.25) is 9.32 Å². The Kier molecular flexibility index (Phi) is 6.84. The number of hydrogen-bond acceptors (Lipinski definition) is 11. The lowest BCUT2D eigenvalue weighted by atomic mass is 9.92. The van der Waals surface area contributed by atoms with Gasteiger partial charge in [-0.25, -0.2) is 14.1 Å². The number of hydrogen-bond donors (Lipinski definition) is 3. The molecule has 15 heteroatoms. The summed E-state index contributed by atoms with van der Waals surface area (Å²) in [6, 6.07) is 12.4. The summed E-state index contributed by atoms with van der Waals surface area (Å²) in [6.07, 6.45) is -1.48. The molecule has 1 aromatic carbocycles. The van der Waals surface area contributed by atoms with Crippen molar-refractivity contribution in [2.24, 2.45) is 0 Å². The molecule has 3 aromatic rings. The third-order valence-corrected chi connectivity index (χ3v) is 8.01. The second kappa shape index (κ2) is 9.87. The van der Waals surface area contributed by atoms with Gasteiger partial charge in [-0.1, -0.05) is 18.2 Å². The van der Waals surface area contributed by atoms with Crippen molar-refractivity contribution in [3.8, 4) is 11.8 Å². The molecular weight excluding hydrogens is 531 g/mol. The van der Waals surface area contributed by atoms with E-state index >= 15 is 0 Å². The van der Waals surface area contributed by atoms with Crippen molar-refractivity contribution in [1.29, 1.82) is 5.26 Å². The Balaban J connectivity index is 1.47. The van der Waals surface area contributed by atoms with Gasteiger partial charge in [-0.05, 0) is 45.0 Å². The average Bonchev–Trinajstić information content (AvgIpc) is 3.54. The van der Waals surface area contributed by atoms with Crippen molar-refractivity contribution in [3.05, 3.63) is 54.5 Å². The van der Waals surface area contributed by atoms with E-state index in [0.717, 1.165) is 0 Å². The third-order valence-electron chi connectivity index (χ3n) is 6.36. The van der Waals surface area contributed by atoms with Crippen LogP contribution < -0.4 is 15.3 Å². The number of nitrogens with two attached hydrogens (primary N) is 1. The summed E-state index contributed by atoms with van der Waals surface area (Å²) in [5.41, 5.74) is 5.06. The number of carboxylic acids is 1. The number of para-hydroxylation sites is 1. The first kappa shape index (κ1) is 27.0. The number of nitrogens with one attached hydrogen (secondary N) is 1. The van der Waals surface area contributed by atoms with Crippen molar-refractivity contribution in [1.82, 2.24) is 19.7 Å². The Hall–Kier alpha value is -3.57. The topological polar surface area (TPSA) is 193 Å². The molecule has 14 nitrogen and oxygen atoms in total. The molecule has 0 aliphatic carbocycles. The fourth-order valence-corrected chi connectivity index (χ4v) is 6.15. The number of carboxylic acid groups (broad SMARTS) is 1. The van der Waals surface area contributed by atoms with Gasteiger partial charge < -0.3 is 29.6 Å². The summed E-state index contributed by atoms with van der Waals surface area (Å²) in [4.78, 5) is 15.5. The lowest BCUT2D eigenvalue weighted by molar-refractivity contribution is -0.204. The lowest BCUT2D eigenvalue weighted by Gasteiger charge is -2.29. The smallest absolute Gasteiger partial charge is 0.459 e. The molecule has 0 amide bonds. The van der Waals surface area contributed by atoms with Crippen LogP contribution in [-0.4, -0.2) is 62.4 Å². The number of nitriles is 1. The highest BCUT2D eigenvalue weighted by Crippen LogP contribution is 2.51. The highest BCUT2D eigenvalue weighted by Gasteiger charge is 2.65. The van der Waals surface area contributed by atoms with Gasteiger partial charge in [0, 0.05) is 0 Å². The Morgan fingerprint density at radius 2 is 2.03 bits per heavy atom. The number of fused-ring (bicyclic) bond motifs is 2. The molecule has 0 unspecified atom stereocenters. The number of aromatic nitrogens is 3. The van der Waals surface area contributed by atoms with Gasteiger partial charge in [0.25, 0.3) is 0 Å². The fourth-order valence-electron chi connectivity index (χ4n) is 4.64. The number of nitrogens with zero attached hydrogens (tertiary/aromatic N) is 4. The summed E-state index contributed by atoms with van der Waals surface area (Å²) in [5, 5.41) is 26.5. The Bertz CT molecular complexity index is 1480. The van der Waals surface area contributed by atoms with Gasteiger partial charge >= 0.3 is 13.7 Å². The molecule has 0 saturated carbocycles. The van der Waals surface area contributed by atoms with Gasteiger partial charge in [0.15, 0.2) is 11.6 Å². The zero-order valence-corrected chi connectivity index (χ0v) is 22.1. The predicted molar refractivity (Wildman–Crippen MR) is 134 cm³/mol. The Morgan fingerprint density at radius 1 is 1.28 bits per heavy atom. The van der Waals surface area contributed by atoms with E-state index in [0.29, 0.717) is 11.2 Å². The zero-order chi connectivity index (χ0) is 28.0. The van der Waals surface area contributed by atoms with E-state index in [2.05, 4.69) is 21.2 Å². The number of nitrogen functional groups attached to an aromatic ring is 1. The molecule has 4 heterocycles. The van der Waals surface area contributed by atoms with Crippen LogP contribution in [0.25, 0.3) is 5.52 Å². The monoisotopic (exact) mass is 558 g/mol. The van der Waals surface area contributed by atoms with E-state index < -0.39 is 56.1 Å². The first-order valence-electron chi connectivity index (χ1n) is 12.0. The first-order valence-corrected chi connectivity index (χ1v) is 13.5. The van der Waals surface area contributed by atoms with Crippen LogP contribution in [0.5, 0.6) is 5.75 Å². The third kappa shape index (κ3) is 4.96. The minimum Gasteiger partial charge on any atom is -0.480 e. The van der Waals surface area contributed by atoms with Crippen LogP contribution in [-0.2, 0) is 33.7 Å². The number of benzene rings is 1. The maximum Gasteiger partial charge on any atom is 0.459 e. The molecule has 0 spiro atoms. The van der Waals surface area contributed by atoms with E-state index in [1.54, 1.807) is 56.3 Å². The highest BCUT2D eigenvalue weighted by atomic mass is 31.2. The zero-order valence-electron chi connectivity index (χ0n) is 21.3. The summed E-state index contributed by atoms with van der Waals surface area (Å²) in [7, 11) is -4.26. The van der Waals surface area contributed by atoms with E-state index in [-0.39, 0.29) is 11.6 Å². The summed E-state index contributed by atoms with van der Waals surface area (Å²) in [5.74, 6) is -1.94. The normalized spacial score (nSPS) is 27.9. The molecule has 2 saturated heterocycles. The largest absolute Gasteiger partial charge is 0.480 e. The minimum atomic E-state index is -4.26. The quantitative estimate of drug-likeness (QED) is 0.324. The van der Waals surface area contributed by atoms with Crippen molar-refractivity contribution in [2.75, 3.05) is 12.3 Å². The standard InChI is InChI=1S/C24H27N6O8P/c1-14(22(31)32)29-39(33,38-15-7-5-4-6-8-15)34-11-17-19-20(37-23(2,3)36-19)24(12-25,35-17)18-10-9-16-21(26)27-13-28-30(16)18/h4-10,13-14,17,19-20H,11H2,1-3H3,(H,29,33)(H,31,32)(H2,26,27,28)/t14-,17+,19+,20+,24-,39-/m0/s1. The Labute approximate surface area is 223 Å². The van der Waals surface area contributed by atoms with Crippen molar-refractivity contribution >= 4 is 25.1 Å². The summed E-state index contributed by atoms with van der Waals surface area (Å²) in [6.45, 7) is 4.30. The molecule has 2 aliphatic heterocycles. The van der Waals surface area contributed by atoms with Gasteiger partial charge in [-0.15, -0.1) is 0 Å². The second-order valence-electron chi connectivity index (χ2n) is 9.57. The molecule has 0 radical (unpaired) electrons. The van der Waals surface area contributed by atoms with Crippen LogP contribution in [0.2, 0.25) is 0 Å². The van der Waals surface area contributed by atoms with Crippen LogP contribution in [0.4, 0.5) is 5.82 Å². The predicted octanol–water partition coefficient (Wildman–Crippen LogP) is 2.22. The van der Waals surface area contributed by atoms with E-state index in [9.17, 15) is 19.7 Å².